The number of aromatic nitrogens is 2. The van der Waals surface area contributed by atoms with Crippen molar-refractivity contribution >= 4 is 17.2 Å². The second kappa shape index (κ2) is 7.02. The predicted octanol–water partition coefficient (Wildman–Crippen LogP) is 2.65. The lowest BCUT2D eigenvalue weighted by molar-refractivity contribution is -0.142. The molecule has 1 atom stereocenters. The first-order valence-corrected chi connectivity index (χ1v) is 8.37. The van der Waals surface area contributed by atoms with Crippen LogP contribution in [0.3, 0.4) is 0 Å². The van der Waals surface area contributed by atoms with Crippen LogP contribution in [-0.4, -0.2) is 25.7 Å². The number of carbonyl (C=O) groups is 1. The number of rotatable bonds is 6. The summed E-state index contributed by atoms with van der Waals surface area (Å²) in [6.45, 7) is 2.76. The minimum Gasteiger partial charge on any atom is -0.467 e. The van der Waals surface area contributed by atoms with Gasteiger partial charge < -0.3 is 14.4 Å². The zero-order valence-corrected chi connectivity index (χ0v) is 14.4. The van der Waals surface area contributed by atoms with Crippen LogP contribution < -0.4 is 0 Å². The molecule has 0 fully saturated rings. The number of furan rings is 1. The summed E-state index contributed by atoms with van der Waals surface area (Å²) < 4.78 is 6.92. The number of hydrogen-bond acceptors (Lipinski definition) is 5. The Hall–Kier alpha value is -2.38. The Labute approximate surface area is 143 Å². The SMILES string of the molecule is Cc1ccc(CN(Cc2ccco2)C(=O)[C@@H](O)c2cnn(C)c2)s1. The van der Waals surface area contributed by atoms with Crippen molar-refractivity contribution in [1.29, 1.82) is 0 Å². The van der Waals surface area contributed by atoms with Crippen LogP contribution in [0.5, 0.6) is 0 Å². The maximum atomic E-state index is 12.8. The number of carbonyl (C=O) groups excluding carboxylic acids is 1. The number of nitrogens with zero attached hydrogens (tertiary/aromatic N) is 3. The summed E-state index contributed by atoms with van der Waals surface area (Å²) in [6, 6.07) is 7.62. The molecule has 3 aromatic rings. The average Bonchev–Trinajstić information content (AvgIpc) is 3.28. The number of thiophene rings is 1. The van der Waals surface area contributed by atoms with Crippen LogP contribution in [0, 0.1) is 6.92 Å². The summed E-state index contributed by atoms with van der Waals surface area (Å²) in [5.74, 6) is 0.306. The normalized spacial score (nSPS) is 12.3. The van der Waals surface area contributed by atoms with E-state index in [4.69, 9.17) is 4.42 Å². The van der Waals surface area contributed by atoms with Gasteiger partial charge in [-0.3, -0.25) is 9.48 Å². The lowest BCUT2D eigenvalue weighted by Gasteiger charge is -2.23. The minimum atomic E-state index is -1.24. The van der Waals surface area contributed by atoms with Crippen molar-refractivity contribution in [3.8, 4) is 0 Å². The average molecular weight is 345 g/mol. The van der Waals surface area contributed by atoms with Crippen molar-refractivity contribution in [2.45, 2.75) is 26.1 Å². The predicted molar refractivity (Wildman–Crippen MR) is 90.2 cm³/mol. The zero-order valence-electron chi connectivity index (χ0n) is 13.5. The molecule has 0 unspecified atom stereocenters. The Morgan fingerprint density at radius 2 is 2.25 bits per heavy atom. The van der Waals surface area contributed by atoms with Crippen LogP contribution in [0.2, 0.25) is 0 Å². The molecule has 7 heteroatoms. The van der Waals surface area contributed by atoms with Crippen LogP contribution >= 0.6 is 11.3 Å². The van der Waals surface area contributed by atoms with Crippen molar-refractivity contribution in [3.05, 3.63) is 64.0 Å². The molecule has 1 amide bonds. The summed E-state index contributed by atoms with van der Waals surface area (Å²) >= 11 is 1.64. The van der Waals surface area contributed by atoms with Crippen molar-refractivity contribution in [1.82, 2.24) is 14.7 Å². The lowest BCUT2D eigenvalue weighted by atomic mass is 10.1. The molecule has 3 aromatic heterocycles. The summed E-state index contributed by atoms with van der Waals surface area (Å²) in [6.07, 6.45) is 3.48. The van der Waals surface area contributed by atoms with Gasteiger partial charge in [0.2, 0.25) is 0 Å². The highest BCUT2D eigenvalue weighted by atomic mass is 32.1. The van der Waals surface area contributed by atoms with Crippen LogP contribution in [0.15, 0.2) is 47.3 Å². The smallest absolute Gasteiger partial charge is 0.256 e. The molecule has 6 nitrogen and oxygen atoms in total. The van der Waals surface area contributed by atoms with Crippen LogP contribution in [0.4, 0.5) is 0 Å². The fourth-order valence-electron chi connectivity index (χ4n) is 2.46. The van der Waals surface area contributed by atoms with Gasteiger partial charge in [0.15, 0.2) is 6.10 Å². The molecule has 0 radical (unpaired) electrons. The van der Waals surface area contributed by atoms with Gasteiger partial charge in [0.05, 0.1) is 25.5 Å². The molecule has 0 aliphatic heterocycles. The molecular formula is C17H19N3O3S. The molecule has 0 aliphatic carbocycles. The Balaban J connectivity index is 1.80. The van der Waals surface area contributed by atoms with Gasteiger partial charge in [0.25, 0.3) is 5.91 Å². The van der Waals surface area contributed by atoms with Gasteiger partial charge in [-0.15, -0.1) is 11.3 Å². The number of aliphatic hydroxyl groups is 1. The number of amides is 1. The van der Waals surface area contributed by atoms with E-state index in [0.717, 1.165) is 4.88 Å². The summed E-state index contributed by atoms with van der Waals surface area (Å²) in [5.41, 5.74) is 0.481. The molecule has 1 N–H and O–H groups in total. The lowest BCUT2D eigenvalue weighted by Crippen LogP contribution is -2.34. The molecule has 0 aliphatic rings. The summed E-state index contributed by atoms with van der Waals surface area (Å²) in [7, 11) is 1.75. The Morgan fingerprint density at radius 1 is 1.42 bits per heavy atom. The van der Waals surface area contributed by atoms with Crippen LogP contribution in [0.25, 0.3) is 0 Å². The Kier molecular flexibility index (Phi) is 4.82. The van der Waals surface area contributed by atoms with Gasteiger partial charge in [0, 0.05) is 28.6 Å². The molecule has 0 spiro atoms. The van der Waals surface area contributed by atoms with E-state index in [9.17, 15) is 9.90 Å². The number of aryl methyl sites for hydroxylation is 2. The fourth-order valence-corrected chi connectivity index (χ4v) is 3.36. The van der Waals surface area contributed by atoms with E-state index in [1.54, 1.807) is 46.5 Å². The van der Waals surface area contributed by atoms with E-state index in [1.165, 1.54) is 11.1 Å². The van der Waals surface area contributed by atoms with Crippen molar-refractivity contribution in [3.63, 3.8) is 0 Å². The topological polar surface area (TPSA) is 71.5 Å². The zero-order chi connectivity index (χ0) is 17.1. The van der Waals surface area contributed by atoms with E-state index in [1.807, 2.05) is 25.1 Å². The summed E-state index contributed by atoms with van der Waals surface area (Å²) in [5, 5.41) is 14.4. The largest absolute Gasteiger partial charge is 0.467 e. The molecular weight excluding hydrogens is 326 g/mol. The van der Waals surface area contributed by atoms with Crippen molar-refractivity contribution in [2.24, 2.45) is 7.05 Å². The second-order valence-corrected chi connectivity index (χ2v) is 7.01. The Bertz CT molecular complexity index is 807. The minimum absolute atomic E-state index is 0.306. The molecule has 0 saturated carbocycles. The molecule has 126 valence electrons. The third-order valence-corrected chi connectivity index (χ3v) is 4.64. The standard InChI is InChI=1S/C17H19N3O3S/c1-12-5-6-15(24-12)11-20(10-14-4-3-7-23-14)17(22)16(21)13-8-18-19(2)9-13/h3-9,16,21H,10-11H2,1-2H3/t16-/m0/s1. The molecule has 0 saturated heterocycles. The monoisotopic (exact) mass is 345 g/mol. The van der Waals surface area contributed by atoms with Gasteiger partial charge >= 0.3 is 0 Å². The second-order valence-electron chi connectivity index (χ2n) is 5.64. The van der Waals surface area contributed by atoms with Gasteiger partial charge in [-0.1, -0.05) is 0 Å². The third kappa shape index (κ3) is 3.74. The first-order chi connectivity index (χ1) is 11.5. The van der Waals surface area contributed by atoms with E-state index in [0.29, 0.717) is 24.4 Å². The maximum absolute atomic E-state index is 12.8. The van der Waals surface area contributed by atoms with E-state index >= 15 is 0 Å². The molecule has 3 heterocycles. The van der Waals surface area contributed by atoms with Crippen LogP contribution in [0.1, 0.15) is 27.2 Å². The highest BCUT2D eigenvalue weighted by Crippen LogP contribution is 2.22. The first kappa shape index (κ1) is 16.5. The molecule has 24 heavy (non-hydrogen) atoms. The van der Waals surface area contributed by atoms with Crippen molar-refractivity contribution in [2.75, 3.05) is 0 Å². The number of hydrogen-bond donors (Lipinski definition) is 1. The quantitative estimate of drug-likeness (QED) is 0.745. The third-order valence-electron chi connectivity index (χ3n) is 3.66. The fraction of sp³-hybridized carbons (Fsp3) is 0.294. The maximum Gasteiger partial charge on any atom is 0.256 e. The highest BCUT2D eigenvalue weighted by molar-refractivity contribution is 7.11. The van der Waals surface area contributed by atoms with Gasteiger partial charge in [-0.05, 0) is 31.2 Å². The molecule has 3 rings (SSSR count). The Morgan fingerprint density at radius 3 is 2.83 bits per heavy atom. The molecule has 0 aromatic carbocycles. The van der Waals surface area contributed by atoms with E-state index in [-0.39, 0.29) is 5.91 Å². The first-order valence-electron chi connectivity index (χ1n) is 7.56. The van der Waals surface area contributed by atoms with Gasteiger partial charge in [0.1, 0.15) is 5.76 Å². The highest BCUT2D eigenvalue weighted by Gasteiger charge is 2.26. The molecule has 0 bridgehead atoms. The summed E-state index contributed by atoms with van der Waals surface area (Å²) in [4.78, 5) is 16.6. The number of aliphatic hydroxyl groups excluding tert-OH is 1. The van der Waals surface area contributed by atoms with Crippen molar-refractivity contribution < 1.29 is 14.3 Å². The van der Waals surface area contributed by atoms with Crippen LogP contribution in [-0.2, 0) is 24.9 Å². The van der Waals surface area contributed by atoms with Gasteiger partial charge in [-0.2, -0.15) is 5.10 Å². The van der Waals surface area contributed by atoms with E-state index in [2.05, 4.69) is 5.10 Å². The van der Waals surface area contributed by atoms with Gasteiger partial charge in [-0.25, -0.2) is 0 Å². The van der Waals surface area contributed by atoms with E-state index < -0.39 is 6.10 Å².